The number of urea groups is 1. The van der Waals surface area contributed by atoms with Gasteiger partial charge in [-0.3, -0.25) is 4.79 Å². The van der Waals surface area contributed by atoms with Crippen LogP contribution in [0.5, 0.6) is 0 Å². The van der Waals surface area contributed by atoms with Crippen molar-refractivity contribution in [2.75, 3.05) is 13.1 Å². The van der Waals surface area contributed by atoms with Gasteiger partial charge in [-0.05, 0) is 24.7 Å². The molecule has 1 fully saturated rings. The molecule has 3 amide bonds. The van der Waals surface area contributed by atoms with Crippen molar-refractivity contribution in [1.29, 1.82) is 0 Å². The summed E-state index contributed by atoms with van der Waals surface area (Å²) in [6.45, 7) is 4.66. The lowest BCUT2D eigenvalue weighted by Gasteiger charge is -2.16. The molecule has 1 aromatic heterocycles. The van der Waals surface area contributed by atoms with Gasteiger partial charge in [-0.25, -0.2) is 9.78 Å². The third-order valence-electron chi connectivity index (χ3n) is 3.21. The number of hydrogen-bond acceptors (Lipinski definition) is 4. The first-order chi connectivity index (χ1) is 10.1. The zero-order valence-electron chi connectivity index (χ0n) is 12.4. The van der Waals surface area contributed by atoms with Gasteiger partial charge < -0.3 is 16.0 Å². The highest BCUT2D eigenvalue weighted by Crippen LogP contribution is 2.41. The molecule has 0 saturated heterocycles. The Hall–Kier alpha value is -1.63. The Morgan fingerprint density at radius 2 is 2.14 bits per heavy atom. The molecule has 7 heteroatoms. The highest BCUT2D eigenvalue weighted by atomic mass is 32.1. The van der Waals surface area contributed by atoms with E-state index in [9.17, 15) is 9.59 Å². The Morgan fingerprint density at radius 1 is 1.38 bits per heavy atom. The van der Waals surface area contributed by atoms with E-state index in [1.165, 1.54) is 0 Å². The van der Waals surface area contributed by atoms with E-state index in [-0.39, 0.29) is 24.5 Å². The van der Waals surface area contributed by atoms with Gasteiger partial charge in [0.1, 0.15) is 5.01 Å². The number of hydrogen-bond donors (Lipinski definition) is 3. The molecule has 0 spiro atoms. The molecule has 1 aliphatic rings. The summed E-state index contributed by atoms with van der Waals surface area (Å²) in [5.74, 6) is 0.694. The summed E-state index contributed by atoms with van der Waals surface area (Å²) >= 11 is 1.54. The standard InChI is InChI=1S/C14H22N4O2S/c1-9(2)7-16-11(19)8-17-14(20)18-12(10-3-4-10)13-15-5-6-21-13/h5-6,9-10,12H,3-4,7-8H2,1-2H3,(H,16,19)(H2,17,18,20)/t12-/m1/s1. The third-order valence-corrected chi connectivity index (χ3v) is 4.07. The van der Waals surface area contributed by atoms with Crippen LogP contribution < -0.4 is 16.0 Å². The van der Waals surface area contributed by atoms with Crippen molar-refractivity contribution < 1.29 is 9.59 Å². The first-order valence-corrected chi connectivity index (χ1v) is 8.14. The molecule has 3 N–H and O–H groups in total. The third kappa shape index (κ3) is 5.34. The van der Waals surface area contributed by atoms with Crippen LogP contribution in [0.3, 0.4) is 0 Å². The number of aromatic nitrogens is 1. The number of nitrogens with zero attached hydrogens (tertiary/aromatic N) is 1. The zero-order valence-corrected chi connectivity index (χ0v) is 13.2. The normalized spacial score (nSPS) is 15.6. The predicted octanol–water partition coefficient (Wildman–Crippen LogP) is 1.67. The second-order valence-electron chi connectivity index (χ2n) is 5.71. The quantitative estimate of drug-likeness (QED) is 0.716. The molecule has 1 atom stereocenters. The minimum absolute atomic E-state index is 0.00614. The Balaban J connectivity index is 1.74. The molecular weight excluding hydrogens is 288 g/mol. The van der Waals surface area contributed by atoms with E-state index in [4.69, 9.17) is 0 Å². The predicted molar refractivity (Wildman–Crippen MR) is 82.0 cm³/mol. The van der Waals surface area contributed by atoms with Crippen LogP contribution in [-0.4, -0.2) is 30.0 Å². The molecule has 0 aromatic carbocycles. The Kier molecular flexibility index (Phi) is 5.55. The number of carbonyl (C=O) groups is 2. The summed E-state index contributed by atoms with van der Waals surface area (Å²) in [6, 6.07) is -0.356. The minimum Gasteiger partial charge on any atom is -0.354 e. The Morgan fingerprint density at radius 3 is 2.71 bits per heavy atom. The molecule has 0 unspecified atom stereocenters. The van der Waals surface area contributed by atoms with E-state index in [0.717, 1.165) is 17.8 Å². The van der Waals surface area contributed by atoms with Crippen LogP contribution in [0.25, 0.3) is 0 Å². The topological polar surface area (TPSA) is 83.1 Å². The van der Waals surface area contributed by atoms with E-state index < -0.39 is 0 Å². The molecule has 0 bridgehead atoms. The van der Waals surface area contributed by atoms with Gasteiger partial charge in [0.2, 0.25) is 5.91 Å². The maximum Gasteiger partial charge on any atom is 0.315 e. The lowest BCUT2D eigenvalue weighted by atomic mass is 10.2. The lowest BCUT2D eigenvalue weighted by molar-refractivity contribution is -0.120. The maximum atomic E-state index is 11.9. The largest absolute Gasteiger partial charge is 0.354 e. The summed E-state index contributed by atoms with van der Waals surface area (Å²) in [6.07, 6.45) is 3.97. The highest BCUT2D eigenvalue weighted by Gasteiger charge is 2.34. The molecule has 0 radical (unpaired) electrons. The molecule has 2 rings (SSSR count). The van der Waals surface area contributed by atoms with Gasteiger partial charge >= 0.3 is 6.03 Å². The fraction of sp³-hybridized carbons (Fsp3) is 0.643. The van der Waals surface area contributed by atoms with E-state index >= 15 is 0 Å². The first-order valence-electron chi connectivity index (χ1n) is 7.26. The molecule has 1 aliphatic carbocycles. The first kappa shape index (κ1) is 15.8. The Labute approximate surface area is 128 Å². The van der Waals surface area contributed by atoms with Crippen LogP contribution >= 0.6 is 11.3 Å². The zero-order chi connectivity index (χ0) is 15.2. The van der Waals surface area contributed by atoms with Gasteiger partial charge in [0, 0.05) is 18.1 Å². The van der Waals surface area contributed by atoms with Crippen molar-refractivity contribution in [3.63, 3.8) is 0 Å². The number of carbonyl (C=O) groups excluding carboxylic acids is 2. The second kappa shape index (κ2) is 7.40. The number of rotatable bonds is 7. The van der Waals surface area contributed by atoms with Crippen molar-refractivity contribution in [3.8, 4) is 0 Å². The van der Waals surface area contributed by atoms with Crippen molar-refractivity contribution in [1.82, 2.24) is 20.9 Å². The second-order valence-corrected chi connectivity index (χ2v) is 6.64. The SMILES string of the molecule is CC(C)CNC(=O)CNC(=O)N[C@@H](c1nccs1)C1CC1. The summed E-state index contributed by atoms with van der Waals surface area (Å²) in [7, 11) is 0. The minimum atomic E-state index is -0.318. The molecule has 1 heterocycles. The average Bonchev–Trinajstić information content (AvgIpc) is 3.14. The number of amides is 3. The van der Waals surface area contributed by atoms with Gasteiger partial charge in [-0.2, -0.15) is 0 Å². The van der Waals surface area contributed by atoms with Crippen molar-refractivity contribution >= 4 is 23.3 Å². The Bertz CT molecular complexity index is 471. The molecule has 116 valence electrons. The van der Waals surface area contributed by atoms with Gasteiger partial charge in [0.05, 0.1) is 12.6 Å². The van der Waals surface area contributed by atoms with E-state index in [1.54, 1.807) is 17.5 Å². The van der Waals surface area contributed by atoms with Crippen LogP contribution in [0.1, 0.15) is 37.7 Å². The smallest absolute Gasteiger partial charge is 0.315 e. The monoisotopic (exact) mass is 310 g/mol. The van der Waals surface area contributed by atoms with Crippen LogP contribution in [-0.2, 0) is 4.79 Å². The summed E-state index contributed by atoms with van der Waals surface area (Å²) in [5.41, 5.74) is 0. The summed E-state index contributed by atoms with van der Waals surface area (Å²) < 4.78 is 0. The summed E-state index contributed by atoms with van der Waals surface area (Å²) in [5, 5.41) is 11.1. The van der Waals surface area contributed by atoms with Gasteiger partial charge in [-0.15, -0.1) is 11.3 Å². The van der Waals surface area contributed by atoms with Crippen LogP contribution in [0.15, 0.2) is 11.6 Å². The van der Waals surface area contributed by atoms with Crippen molar-refractivity contribution in [2.24, 2.45) is 11.8 Å². The molecule has 0 aliphatic heterocycles. The van der Waals surface area contributed by atoms with Crippen LogP contribution in [0.4, 0.5) is 4.79 Å². The fourth-order valence-electron chi connectivity index (χ4n) is 1.93. The molecular formula is C14H22N4O2S. The van der Waals surface area contributed by atoms with Crippen LogP contribution in [0, 0.1) is 11.8 Å². The van der Waals surface area contributed by atoms with E-state index in [0.29, 0.717) is 18.4 Å². The van der Waals surface area contributed by atoms with E-state index in [2.05, 4.69) is 20.9 Å². The van der Waals surface area contributed by atoms with Gasteiger partial charge in [0.25, 0.3) is 0 Å². The van der Waals surface area contributed by atoms with Gasteiger partial charge in [-0.1, -0.05) is 13.8 Å². The van der Waals surface area contributed by atoms with E-state index in [1.807, 2.05) is 19.2 Å². The lowest BCUT2D eigenvalue weighted by Crippen LogP contribution is -2.44. The molecule has 21 heavy (non-hydrogen) atoms. The molecule has 1 saturated carbocycles. The van der Waals surface area contributed by atoms with Crippen molar-refractivity contribution in [2.45, 2.75) is 32.7 Å². The van der Waals surface area contributed by atoms with Crippen LogP contribution in [0.2, 0.25) is 0 Å². The molecule has 6 nitrogen and oxygen atoms in total. The average molecular weight is 310 g/mol. The number of thiazole rings is 1. The summed E-state index contributed by atoms with van der Waals surface area (Å²) in [4.78, 5) is 27.7. The van der Waals surface area contributed by atoms with Gasteiger partial charge in [0.15, 0.2) is 0 Å². The number of nitrogens with one attached hydrogen (secondary N) is 3. The maximum absolute atomic E-state index is 11.9. The fourth-order valence-corrected chi connectivity index (χ4v) is 2.71. The highest BCUT2D eigenvalue weighted by molar-refractivity contribution is 7.09. The molecule has 1 aromatic rings. The van der Waals surface area contributed by atoms with Crippen molar-refractivity contribution in [3.05, 3.63) is 16.6 Å².